The van der Waals surface area contributed by atoms with Gasteiger partial charge in [0, 0.05) is 17.5 Å². The summed E-state index contributed by atoms with van der Waals surface area (Å²) < 4.78 is 68.0. The lowest BCUT2D eigenvalue weighted by Gasteiger charge is -2.07. The maximum atomic E-state index is 12.3. The Hall–Kier alpha value is -2.23. The van der Waals surface area contributed by atoms with E-state index in [9.17, 15) is 21.6 Å². The minimum absolute atomic E-state index is 0.0871. The van der Waals surface area contributed by atoms with Crippen molar-refractivity contribution >= 4 is 22.1 Å². The van der Waals surface area contributed by atoms with Crippen LogP contribution in [0.1, 0.15) is 17.0 Å². The van der Waals surface area contributed by atoms with Crippen molar-refractivity contribution in [3.63, 3.8) is 0 Å². The molecule has 0 atom stereocenters. The van der Waals surface area contributed by atoms with Crippen LogP contribution in [0.2, 0.25) is 0 Å². The number of halogens is 3. The molecule has 23 heavy (non-hydrogen) atoms. The van der Waals surface area contributed by atoms with Gasteiger partial charge in [0.2, 0.25) is 5.90 Å². The fourth-order valence-corrected chi connectivity index (χ4v) is 2.30. The minimum atomic E-state index is -5.78. The van der Waals surface area contributed by atoms with Gasteiger partial charge in [-0.25, -0.2) is 4.99 Å². The number of aliphatic imine (C=N–C) groups is 1. The average Bonchev–Trinajstić information content (AvgIpc) is 2.91. The van der Waals surface area contributed by atoms with Crippen molar-refractivity contribution in [3.8, 4) is 0 Å². The smallest absolute Gasteiger partial charge is 0.494 e. The summed E-state index contributed by atoms with van der Waals surface area (Å²) in [6, 6.07) is 1.87. The zero-order valence-corrected chi connectivity index (χ0v) is 13.2. The molecule has 0 fully saturated rings. The van der Waals surface area contributed by atoms with Gasteiger partial charge in [0.1, 0.15) is 11.5 Å². The van der Waals surface area contributed by atoms with Crippen LogP contribution in [0.4, 0.5) is 13.2 Å². The summed E-state index contributed by atoms with van der Waals surface area (Å²) in [4.78, 5) is 6.76. The Morgan fingerprint density at radius 2 is 1.96 bits per heavy atom. The number of hydrogen-bond donors (Lipinski definition) is 1. The largest absolute Gasteiger partial charge is 0.534 e. The predicted molar refractivity (Wildman–Crippen MR) is 76.8 cm³/mol. The number of nitrogens with zero attached hydrogens (tertiary/aromatic N) is 1. The molecule has 0 unspecified atom stereocenters. The van der Waals surface area contributed by atoms with Gasteiger partial charge in [-0.15, -0.1) is 0 Å². The van der Waals surface area contributed by atoms with Crippen molar-refractivity contribution < 1.29 is 30.5 Å². The number of alkyl halides is 3. The van der Waals surface area contributed by atoms with Crippen LogP contribution in [0.25, 0.3) is 6.08 Å². The van der Waals surface area contributed by atoms with Gasteiger partial charge in [-0.3, -0.25) is 0 Å². The summed E-state index contributed by atoms with van der Waals surface area (Å²) in [7, 11) is -4.50. The molecule has 10 heteroatoms. The van der Waals surface area contributed by atoms with E-state index in [2.05, 4.69) is 14.2 Å². The minimum Gasteiger partial charge on any atom is -0.494 e. The van der Waals surface area contributed by atoms with E-state index in [-0.39, 0.29) is 11.5 Å². The number of methoxy groups -OCH3 is 1. The number of aryl methyl sites for hydroxylation is 2. The monoisotopic (exact) mass is 350 g/mol. The highest BCUT2D eigenvalue weighted by Crippen LogP contribution is 2.29. The first-order valence-corrected chi connectivity index (χ1v) is 7.68. The van der Waals surface area contributed by atoms with Crippen LogP contribution in [-0.2, 0) is 19.0 Å². The summed E-state index contributed by atoms with van der Waals surface area (Å²) in [5, 5.41) is 0. The van der Waals surface area contributed by atoms with Crippen LogP contribution in [-0.4, -0.2) is 31.9 Å². The molecule has 1 aromatic heterocycles. The van der Waals surface area contributed by atoms with Crippen LogP contribution < -0.4 is 0 Å². The fraction of sp³-hybridized carbons (Fsp3) is 0.308. The summed E-state index contributed by atoms with van der Waals surface area (Å²) in [6.45, 7) is 3.67. The van der Waals surface area contributed by atoms with Crippen LogP contribution >= 0.6 is 0 Å². The van der Waals surface area contributed by atoms with E-state index < -0.39 is 21.5 Å². The number of hydrogen-bond acceptors (Lipinski definition) is 5. The molecule has 1 aliphatic rings. The molecular weight excluding hydrogens is 337 g/mol. The second-order valence-corrected chi connectivity index (χ2v) is 6.26. The zero-order valence-electron chi connectivity index (χ0n) is 12.4. The van der Waals surface area contributed by atoms with Crippen molar-refractivity contribution in [2.75, 3.05) is 7.11 Å². The quantitative estimate of drug-likeness (QED) is 0.671. The first kappa shape index (κ1) is 17.1. The Labute approximate surface area is 130 Å². The highest BCUT2D eigenvalue weighted by atomic mass is 32.2. The molecular formula is C13H13F3N2O4S. The molecule has 126 valence electrons. The van der Waals surface area contributed by atoms with Gasteiger partial charge in [0.15, 0.2) is 0 Å². The molecule has 1 N–H and O–H groups in total. The molecule has 0 spiro atoms. The Morgan fingerprint density at radius 3 is 2.43 bits per heavy atom. The fourth-order valence-electron chi connectivity index (χ4n) is 1.90. The molecule has 0 bridgehead atoms. The van der Waals surface area contributed by atoms with Crippen LogP contribution in [0.5, 0.6) is 0 Å². The highest BCUT2D eigenvalue weighted by Gasteiger charge is 2.49. The molecule has 0 amide bonds. The maximum absolute atomic E-state index is 12.3. The molecule has 1 aromatic rings. The Balaban J connectivity index is 2.35. The zero-order chi connectivity index (χ0) is 17.4. The third kappa shape index (κ3) is 3.58. The highest BCUT2D eigenvalue weighted by molar-refractivity contribution is 7.88. The summed E-state index contributed by atoms with van der Waals surface area (Å²) in [5.74, 6) is -0.629. The normalized spacial score (nSPS) is 17.2. The molecule has 0 aromatic carbocycles. The summed E-state index contributed by atoms with van der Waals surface area (Å²) in [6.07, 6.45) is 2.49. The SMILES string of the molecule is COC1=CC(OS(=O)(=O)C(F)(F)F)=NC1=Cc1[nH]c(C)cc1C. The van der Waals surface area contributed by atoms with Gasteiger partial charge in [-0.2, -0.15) is 21.6 Å². The number of aromatic nitrogens is 1. The lowest BCUT2D eigenvalue weighted by Crippen LogP contribution is -2.27. The van der Waals surface area contributed by atoms with Gasteiger partial charge in [-0.1, -0.05) is 0 Å². The van der Waals surface area contributed by atoms with Crippen LogP contribution in [0.3, 0.4) is 0 Å². The van der Waals surface area contributed by atoms with Gasteiger partial charge in [0.25, 0.3) is 0 Å². The first-order chi connectivity index (χ1) is 10.5. The first-order valence-electron chi connectivity index (χ1n) is 6.27. The molecule has 0 saturated carbocycles. The van der Waals surface area contributed by atoms with Crippen molar-refractivity contribution in [3.05, 3.63) is 40.5 Å². The van der Waals surface area contributed by atoms with E-state index in [1.165, 1.54) is 13.2 Å². The third-order valence-electron chi connectivity index (χ3n) is 2.91. The van der Waals surface area contributed by atoms with E-state index in [0.29, 0.717) is 5.69 Å². The molecule has 1 aliphatic heterocycles. The molecule has 0 saturated heterocycles. The standard InChI is InChI=1S/C13H13F3N2O4S/c1-7-4-8(2)17-9(7)5-10-11(21-3)6-12(18-10)22-23(19,20)13(14,15)16/h4-6,17H,1-3H3. The molecule has 6 nitrogen and oxygen atoms in total. The van der Waals surface area contributed by atoms with E-state index in [1.807, 2.05) is 19.9 Å². The average molecular weight is 350 g/mol. The second kappa shape index (κ2) is 5.76. The predicted octanol–water partition coefficient (Wildman–Crippen LogP) is 2.78. The second-order valence-electron chi connectivity index (χ2n) is 4.72. The van der Waals surface area contributed by atoms with Crippen molar-refractivity contribution in [1.82, 2.24) is 4.98 Å². The summed E-state index contributed by atoms with van der Waals surface area (Å²) in [5.41, 5.74) is -2.95. The Bertz CT molecular complexity index is 817. The van der Waals surface area contributed by atoms with Crippen LogP contribution in [0.15, 0.2) is 28.6 Å². The number of rotatable bonds is 3. The third-order valence-corrected chi connectivity index (χ3v) is 3.86. The maximum Gasteiger partial charge on any atom is 0.534 e. The summed E-state index contributed by atoms with van der Waals surface area (Å²) >= 11 is 0. The Kier molecular flexibility index (Phi) is 4.29. The van der Waals surface area contributed by atoms with Crippen molar-refractivity contribution in [1.29, 1.82) is 0 Å². The van der Waals surface area contributed by atoms with Gasteiger partial charge >= 0.3 is 15.6 Å². The van der Waals surface area contributed by atoms with Crippen molar-refractivity contribution in [2.24, 2.45) is 4.99 Å². The lowest BCUT2D eigenvalue weighted by molar-refractivity contribution is -0.0504. The van der Waals surface area contributed by atoms with Crippen LogP contribution in [0, 0.1) is 13.8 Å². The van der Waals surface area contributed by atoms with Gasteiger partial charge < -0.3 is 13.9 Å². The lowest BCUT2D eigenvalue weighted by atomic mass is 10.2. The number of nitrogens with one attached hydrogen (secondary N) is 1. The van der Waals surface area contributed by atoms with E-state index in [4.69, 9.17) is 4.74 Å². The van der Waals surface area contributed by atoms with E-state index in [1.54, 1.807) is 0 Å². The van der Waals surface area contributed by atoms with Crippen molar-refractivity contribution in [2.45, 2.75) is 19.4 Å². The number of ether oxygens (including phenoxy) is 1. The molecule has 0 aliphatic carbocycles. The molecule has 0 radical (unpaired) electrons. The molecule has 2 rings (SSSR count). The van der Waals surface area contributed by atoms with E-state index in [0.717, 1.165) is 17.3 Å². The number of H-pyrrole nitrogens is 1. The number of aromatic amines is 1. The molecule has 2 heterocycles. The van der Waals surface area contributed by atoms with Gasteiger partial charge in [-0.05, 0) is 31.6 Å². The van der Waals surface area contributed by atoms with Gasteiger partial charge in [0.05, 0.1) is 7.11 Å². The Morgan fingerprint density at radius 1 is 1.30 bits per heavy atom. The topological polar surface area (TPSA) is 80.8 Å². The van der Waals surface area contributed by atoms with E-state index >= 15 is 0 Å².